The summed E-state index contributed by atoms with van der Waals surface area (Å²) >= 11 is 0. The highest BCUT2D eigenvalue weighted by molar-refractivity contribution is 5.88. The summed E-state index contributed by atoms with van der Waals surface area (Å²) < 4.78 is 9.58. The van der Waals surface area contributed by atoms with Crippen LogP contribution in [0.5, 0.6) is 0 Å². The van der Waals surface area contributed by atoms with Crippen molar-refractivity contribution < 1.29 is 24.3 Å². The lowest BCUT2D eigenvalue weighted by Gasteiger charge is -2.10. The van der Waals surface area contributed by atoms with Crippen molar-refractivity contribution >= 4 is 5.97 Å². The number of rotatable bonds is 4. The summed E-state index contributed by atoms with van der Waals surface area (Å²) in [6.07, 6.45) is -2.20. The molecule has 0 saturated carbocycles. The summed E-state index contributed by atoms with van der Waals surface area (Å²) in [6, 6.07) is 0. The number of carbonyl (C=O) groups is 1. The zero-order valence-corrected chi connectivity index (χ0v) is 9.43. The molecule has 0 saturated heterocycles. The van der Waals surface area contributed by atoms with E-state index >= 15 is 0 Å². The number of aliphatic hydroxyl groups excluding tert-OH is 2. The van der Waals surface area contributed by atoms with Gasteiger partial charge < -0.3 is 19.5 Å². The van der Waals surface area contributed by atoms with E-state index in [1.165, 1.54) is 6.92 Å². The van der Waals surface area contributed by atoms with Gasteiger partial charge in [0, 0.05) is 5.56 Å². The molecule has 0 aliphatic rings. The van der Waals surface area contributed by atoms with Gasteiger partial charge in [-0.05, 0) is 20.8 Å². The lowest BCUT2D eigenvalue weighted by atomic mass is 10.1. The number of hydrogen-bond acceptors (Lipinski definition) is 6. The van der Waals surface area contributed by atoms with Crippen LogP contribution in [0, 0.1) is 6.92 Å². The van der Waals surface area contributed by atoms with Gasteiger partial charge >= 0.3 is 5.97 Å². The molecular formula is C10H15NO5. The van der Waals surface area contributed by atoms with Crippen LogP contribution in [-0.4, -0.2) is 34.0 Å². The number of aromatic nitrogens is 1. The van der Waals surface area contributed by atoms with Crippen molar-refractivity contribution in [2.75, 3.05) is 6.61 Å². The first kappa shape index (κ1) is 12.7. The quantitative estimate of drug-likeness (QED) is 0.733. The van der Waals surface area contributed by atoms with E-state index in [2.05, 4.69) is 5.16 Å². The van der Waals surface area contributed by atoms with Crippen LogP contribution in [0.1, 0.15) is 41.8 Å². The SMILES string of the molecule is CCOC(=O)c1noc(C(O)C(C)O)c1C. The maximum atomic E-state index is 11.4. The predicted molar refractivity (Wildman–Crippen MR) is 53.8 cm³/mol. The molecule has 0 aliphatic heterocycles. The molecule has 6 heteroatoms. The highest BCUT2D eigenvalue weighted by Gasteiger charge is 2.26. The predicted octanol–water partition coefficient (Wildman–Crippen LogP) is 0.574. The third-order valence-electron chi connectivity index (χ3n) is 2.15. The van der Waals surface area contributed by atoms with Gasteiger partial charge in [-0.2, -0.15) is 0 Å². The molecule has 1 aromatic heterocycles. The normalized spacial score (nSPS) is 14.6. The van der Waals surface area contributed by atoms with Gasteiger partial charge in [0.05, 0.1) is 12.7 Å². The number of carbonyl (C=O) groups excluding carboxylic acids is 1. The van der Waals surface area contributed by atoms with Gasteiger partial charge in [0.2, 0.25) is 0 Å². The molecule has 1 heterocycles. The largest absolute Gasteiger partial charge is 0.461 e. The Morgan fingerprint density at radius 2 is 2.19 bits per heavy atom. The van der Waals surface area contributed by atoms with Gasteiger partial charge in [0.15, 0.2) is 11.5 Å². The standard InChI is InChI=1S/C10H15NO5/c1-4-15-10(14)7-5(2)9(16-11-7)8(13)6(3)12/h6,8,12-13H,4H2,1-3H3. The lowest BCUT2D eigenvalue weighted by Crippen LogP contribution is -2.14. The van der Waals surface area contributed by atoms with Crippen molar-refractivity contribution in [3.63, 3.8) is 0 Å². The van der Waals surface area contributed by atoms with E-state index in [-0.39, 0.29) is 18.1 Å². The van der Waals surface area contributed by atoms with Gasteiger partial charge in [-0.1, -0.05) is 5.16 Å². The smallest absolute Gasteiger partial charge is 0.360 e. The number of nitrogens with zero attached hydrogens (tertiary/aromatic N) is 1. The molecule has 0 fully saturated rings. The van der Waals surface area contributed by atoms with E-state index in [9.17, 15) is 15.0 Å². The van der Waals surface area contributed by atoms with E-state index in [0.717, 1.165) is 0 Å². The highest BCUT2D eigenvalue weighted by atomic mass is 16.5. The molecule has 90 valence electrons. The topological polar surface area (TPSA) is 92.8 Å². The van der Waals surface area contributed by atoms with Gasteiger partial charge in [0.1, 0.15) is 6.10 Å². The minimum Gasteiger partial charge on any atom is -0.461 e. The first-order chi connectivity index (χ1) is 7.49. The minimum absolute atomic E-state index is 0.0246. The zero-order chi connectivity index (χ0) is 12.3. The maximum absolute atomic E-state index is 11.4. The first-order valence-electron chi connectivity index (χ1n) is 4.98. The van der Waals surface area contributed by atoms with Crippen molar-refractivity contribution in [3.8, 4) is 0 Å². The van der Waals surface area contributed by atoms with Crippen LogP contribution in [0.3, 0.4) is 0 Å². The van der Waals surface area contributed by atoms with Gasteiger partial charge in [-0.3, -0.25) is 0 Å². The highest BCUT2D eigenvalue weighted by Crippen LogP contribution is 2.23. The summed E-state index contributed by atoms with van der Waals surface area (Å²) in [4.78, 5) is 11.4. The third kappa shape index (κ3) is 2.40. The molecule has 0 aromatic carbocycles. The van der Waals surface area contributed by atoms with Crippen LogP contribution >= 0.6 is 0 Å². The van der Waals surface area contributed by atoms with Crippen molar-refractivity contribution in [2.45, 2.75) is 33.0 Å². The fourth-order valence-corrected chi connectivity index (χ4v) is 1.23. The van der Waals surface area contributed by atoms with E-state index < -0.39 is 18.2 Å². The van der Waals surface area contributed by atoms with Crippen LogP contribution in [0.25, 0.3) is 0 Å². The van der Waals surface area contributed by atoms with E-state index in [4.69, 9.17) is 9.26 Å². The average Bonchev–Trinajstić information content (AvgIpc) is 2.59. The van der Waals surface area contributed by atoms with Gasteiger partial charge in [0.25, 0.3) is 0 Å². The molecule has 0 radical (unpaired) electrons. The summed E-state index contributed by atoms with van der Waals surface area (Å²) in [5, 5.41) is 22.3. The Labute approximate surface area is 92.8 Å². The first-order valence-corrected chi connectivity index (χ1v) is 4.98. The van der Waals surface area contributed by atoms with Crippen LogP contribution in [-0.2, 0) is 4.74 Å². The Hall–Kier alpha value is -1.40. The maximum Gasteiger partial charge on any atom is 0.360 e. The Kier molecular flexibility index (Phi) is 4.03. The Bertz CT molecular complexity index is 371. The minimum atomic E-state index is -1.20. The fourth-order valence-electron chi connectivity index (χ4n) is 1.23. The van der Waals surface area contributed by atoms with E-state index in [0.29, 0.717) is 5.56 Å². The van der Waals surface area contributed by atoms with Crippen molar-refractivity contribution in [3.05, 3.63) is 17.0 Å². The molecule has 0 bridgehead atoms. The fraction of sp³-hybridized carbons (Fsp3) is 0.600. The van der Waals surface area contributed by atoms with Crippen molar-refractivity contribution in [1.29, 1.82) is 0 Å². The Balaban J connectivity index is 2.96. The van der Waals surface area contributed by atoms with Crippen LogP contribution in [0.15, 0.2) is 4.52 Å². The molecule has 0 spiro atoms. The van der Waals surface area contributed by atoms with Gasteiger partial charge in [-0.15, -0.1) is 0 Å². The second-order valence-electron chi connectivity index (χ2n) is 3.43. The van der Waals surface area contributed by atoms with Crippen LogP contribution < -0.4 is 0 Å². The molecule has 1 rings (SSSR count). The molecule has 1 aromatic rings. The zero-order valence-electron chi connectivity index (χ0n) is 9.43. The Morgan fingerprint density at radius 1 is 1.56 bits per heavy atom. The second kappa shape index (κ2) is 5.09. The average molecular weight is 229 g/mol. The van der Waals surface area contributed by atoms with Gasteiger partial charge in [-0.25, -0.2) is 4.79 Å². The van der Waals surface area contributed by atoms with E-state index in [1.54, 1.807) is 13.8 Å². The number of hydrogen-bond donors (Lipinski definition) is 2. The molecule has 0 aliphatic carbocycles. The monoisotopic (exact) mass is 229 g/mol. The molecule has 0 amide bonds. The molecule has 2 atom stereocenters. The number of ether oxygens (including phenoxy) is 1. The third-order valence-corrected chi connectivity index (χ3v) is 2.15. The lowest BCUT2D eigenvalue weighted by molar-refractivity contribution is 0.0128. The summed E-state index contributed by atoms with van der Waals surface area (Å²) in [6.45, 7) is 4.90. The molecular weight excluding hydrogens is 214 g/mol. The number of esters is 1. The second-order valence-corrected chi connectivity index (χ2v) is 3.43. The molecule has 2 unspecified atom stereocenters. The Morgan fingerprint density at radius 3 is 2.69 bits per heavy atom. The number of aliphatic hydroxyl groups is 2. The summed E-state index contributed by atoms with van der Waals surface area (Å²) in [5.74, 6) is -0.522. The molecule has 16 heavy (non-hydrogen) atoms. The summed E-state index contributed by atoms with van der Waals surface area (Å²) in [5.41, 5.74) is 0.406. The van der Waals surface area contributed by atoms with Crippen LogP contribution in [0.2, 0.25) is 0 Å². The molecule has 6 nitrogen and oxygen atoms in total. The van der Waals surface area contributed by atoms with Crippen molar-refractivity contribution in [1.82, 2.24) is 5.16 Å². The van der Waals surface area contributed by atoms with Crippen LogP contribution in [0.4, 0.5) is 0 Å². The van der Waals surface area contributed by atoms with Crippen molar-refractivity contribution in [2.24, 2.45) is 0 Å². The molecule has 2 N–H and O–H groups in total. The van der Waals surface area contributed by atoms with E-state index in [1.807, 2.05) is 0 Å². The summed E-state index contributed by atoms with van der Waals surface area (Å²) in [7, 11) is 0.